The Hall–Kier alpha value is -0.950. The van der Waals surface area contributed by atoms with Crippen molar-refractivity contribution in [2.75, 3.05) is 34.3 Å². The van der Waals surface area contributed by atoms with E-state index in [0.29, 0.717) is 12.0 Å². The quantitative estimate of drug-likeness (QED) is 0.263. The minimum atomic E-state index is -4.35. The van der Waals surface area contributed by atoms with Crippen molar-refractivity contribution >= 4 is 10.1 Å². The Labute approximate surface area is 179 Å². The zero-order valence-corrected chi connectivity index (χ0v) is 19.8. The Balaban J connectivity index is 0.000000956. The van der Waals surface area contributed by atoms with Crippen LogP contribution >= 0.6 is 0 Å². The molecule has 1 aromatic carbocycles. The predicted molar refractivity (Wildman–Crippen MR) is 120 cm³/mol. The fourth-order valence-electron chi connectivity index (χ4n) is 3.06. The predicted octanol–water partition coefficient (Wildman–Crippen LogP) is 4.74. The van der Waals surface area contributed by atoms with Crippen LogP contribution in [0.1, 0.15) is 76.7 Å². The van der Waals surface area contributed by atoms with Gasteiger partial charge in [-0.25, -0.2) is 8.42 Å². The van der Waals surface area contributed by atoms with Crippen LogP contribution in [0.3, 0.4) is 0 Å². The first-order chi connectivity index (χ1) is 13.6. The summed E-state index contributed by atoms with van der Waals surface area (Å²) in [5, 5.41) is 8.39. The van der Waals surface area contributed by atoms with Crippen molar-refractivity contribution in [1.82, 2.24) is 0 Å². The van der Waals surface area contributed by atoms with E-state index in [-0.39, 0.29) is 11.5 Å². The number of benzene rings is 1. The Bertz CT molecular complexity index is 624. The van der Waals surface area contributed by atoms with Crippen LogP contribution in [0.25, 0.3) is 0 Å². The van der Waals surface area contributed by atoms with E-state index >= 15 is 0 Å². The smallest absolute Gasteiger partial charge is 0.124 e. The van der Waals surface area contributed by atoms with Crippen molar-refractivity contribution in [1.29, 1.82) is 0 Å². The molecule has 6 heteroatoms. The van der Waals surface area contributed by atoms with Crippen molar-refractivity contribution in [2.45, 2.75) is 82.4 Å². The summed E-state index contributed by atoms with van der Waals surface area (Å²) in [6, 6.07) is 6.56. The average molecular weight is 430 g/mol. The largest absolute Gasteiger partial charge is 0.744 e. The van der Waals surface area contributed by atoms with E-state index in [4.69, 9.17) is 5.11 Å². The third-order valence-corrected chi connectivity index (χ3v) is 5.75. The summed E-state index contributed by atoms with van der Waals surface area (Å²) in [6.45, 7) is 3.35. The van der Waals surface area contributed by atoms with E-state index < -0.39 is 10.1 Å². The molecule has 1 N–H and O–H groups in total. The van der Waals surface area contributed by atoms with E-state index in [1.807, 2.05) is 0 Å². The maximum absolute atomic E-state index is 11.2. The number of nitrogens with zero attached hydrogens (tertiary/aromatic N) is 1. The molecule has 1 aromatic rings. The highest BCUT2D eigenvalue weighted by Crippen LogP contribution is 2.18. The fraction of sp³-hybridized carbons (Fsp3) is 0.739. The van der Waals surface area contributed by atoms with Gasteiger partial charge in [0.1, 0.15) is 16.7 Å². The molecule has 0 saturated carbocycles. The van der Waals surface area contributed by atoms with Gasteiger partial charge in [0.2, 0.25) is 0 Å². The van der Waals surface area contributed by atoms with Crippen LogP contribution in [-0.4, -0.2) is 56.9 Å². The van der Waals surface area contributed by atoms with Crippen molar-refractivity contribution < 1.29 is 22.6 Å². The molecule has 0 aliphatic rings. The zero-order valence-electron chi connectivity index (χ0n) is 19.0. The van der Waals surface area contributed by atoms with Crippen LogP contribution < -0.4 is 0 Å². The Morgan fingerprint density at radius 1 is 0.862 bits per heavy atom. The average Bonchev–Trinajstić information content (AvgIpc) is 2.62. The highest BCUT2D eigenvalue weighted by atomic mass is 32.2. The van der Waals surface area contributed by atoms with E-state index in [0.717, 1.165) is 23.9 Å². The summed E-state index contributed by atoms with van der Waals surface area (Å²) in [7, 11) is 1.81. The van der Waals surface area contributed by atoms with Crippen LogP contribution in [0.5, 0.6) is 0 Å². The molecular weight excluding hydrogens is 386 g/mol. The SMILES string of the molecule is CCCCCCCCCCCCc1ccccc1S(=O)(=O)[O-].C[N+](C)(C)CCO. The lowest BCUT2D eigenvalue weighted by Crippen LogP contribution is -2.36. The molecule has 170 valence electrons. The van der Waals surface area contributed by atoms with Gasteiger partial charge in [0.15, 0.2) is 0 Å². The molecule has 0 heterocycles. The first-order valence-electron chi connectivity index (χ1n) is 11.1. The molecule has 0 atom stereocenters. The normalized spacial score (nSPS) is 11.8. The van der Waals surface area contributed by atoms with Crippen LogP contribution in [0.15, 0.2) is 29.2 Å². The molecule has 1 rings (SSSR count). The standard InChI is InChI=1S/C18H30O3S.C5H14NO/c1-2-3-4-5-6-7-8-9-10-11-14-17-15-12-13-16-18(17)22(19,20)21;1-6(2,3)4-5-7/h12-13,15-16H,2-11,14H2,1H3,(H,19,20,21);7H,4-5H2,1-3H3/q;+1/p-1. The third kappa shape index (κ3) is 16.5. The minimum absolute atomic E-state index is 0.0501. The molecule has 0 radical (unpaired) electrons. The highest BCUT2D eigenvalue weighted by molar-refractivity contribution is 7.85. The fourth-order valence-corrected chi connectivity index (χ4v) is 3.79. The monoisotopic (exact) mass is 429 g/mol. The first kappa shape index (κ1) is 28.1. The van der Waals surface area contributed by atoms with Crippen molar-refractivity contribution in [2.24, 2.45) is 0 Å². The number of rotatable bonds is 14. The summed E-state index contributed by atoms with van der Waals surface area (Å²) in [4.78, 5) is -0.0501. The topological polar surface area (TPSA) is 77.4 Å². The molecule has 0 aromatic heterocycles. The summed E-state index contributed by atoms with van der Waals surface area (Å²) in [5.74, 6) is 0. The molecule has 0 unspecified atom stereocenters. The summed E-state index contributed by atoms with van der Waals surface area (Å²) in [5.41, 5.74) is 0.664. The first-order valence-corrected chi connectivity index (χ1v) is 12.5. The van der Waals surface area contributed by atoms with Gasteiger partial charge < -0.3 is 14.1 Å². The van der Waals surface area contributed by atoms with Gasteiger partial charge in [-0.3, -0.25) is 0 Å². The van der Waals surface area contributed by atoms with Gasteiger partial charge in [0.25, 0.3) is 0 Å². The third-order valence-electron chi connectivity index (χ3n) is 4.81. The number of aryl methyl sites for hydroxylation is 1. The number of likely N-dealkylation sites (N-methyl/N-ethyl adjacent to an activating group) is 1. The van der Waals surface area contributed by atoms with Crippen LogP contribution in [0, 0.1) is 0 Å². The lowest BCUT2D eigenvalue weighted by molar-refractivity contribution is -0.870. The molecule has 0 saturated heterocycles. The molecule has 0 amide bonds. The summed E-state index contributed by atoms with van der Waals surface area (Å²) >= 11 is 0. The molecule has 0 bridgehead atoms. The van der Waals surface area contributed by atoms with Crippen LogP contribution in [-0.2, 0) is 16.5 Å². The minimum Gasteiger partial charge on any atom is -0.744 e. The lowest BCUT2D eigenvalue weighted by atomic mass is 10.0. The van der Waals surface area contributed by atoms with E-state index in [2.05, 4.69) is 28.1 Å². The van der Waals surface area contributed by atoms with Crippen molar-refractivity contribution in [3.63, 3.8) is 0 Å². The second kappa shape index (κ2) is 15.8. The second-order valence-corrected chi connectivity index (χ2v) is 10.1. The van der Waals surface area contributed by atoms with E-state index in [1.54, 1.807) is 18.2 Å². The van der Waals surface area contributed by atoms with Gasteiger partial charge in [-0.05, 0) is 24.5 Å². The van der Waals surface area contributed by atoms with Crippen LogP contribution in [0.2, 0.25) is 0 Å². The second-order valence-electron chi connectivity index (χ2n) is 8.73. The van der Waals surface area contributed by atoms with Crippen molar-refractivity contribution in [3.8, 4) is 0 Å². The Kier molecular flexibility index (Phi) is 15.3. The number of aliphatic hydroxyl groups is 1. The highest BCUT2D eigenvalue weighted by Gasteiger charge is 2.07. The van der Waals surface area contributed by atoms with Gasteiger partial charge in [0, 0.05) is 0 Å². The van der Waals surface area contributed by atoms with Crippen molar-refractivity contribution in [3.05, 3.63) is 29.8 Å². The van der Waals surface area contributed by atoms with Gasteiger partial charge in [-0.2, -0.15) is 0 Å². The molecule has 0 fully saturated rings. The molecule has 5 nitrogen and oxygen atoms in total. The van der Waals surface area contributed by atoms with E-state index in [9.17, 15) is 13.0 Å². The zero-order chi connectivity index (χ0) is 22.2. The summed E-state index contributed by atoms with van der Waals surface area (Å²) in [6.07, 6.45) is 13.2. The molecule has 0 aliphatic heterocycles. The van der Waals surface area contributed by atoms with Crippen LogP contribution in [0.4, 0.5) is 0 Å². The van der Waals surface area contributed by atoms with E-state index in [1.165, 1.54) is 57.4 Å². The maximum Gasteiger partial charge on any atom is 0.124 e. The molecule has 29 heavy (non-hydrogen) atoms. The van der Waals surface area contributed by atoms with Gasteiger partial charge in [-0.15, -0.1) is 0 Å². The number of aliphatic hydroxyl groups excluding tert-OH is 1. The number of hydrogen-bond donors (Lipinski definition) is 1. The maximum atomic E-state index is 11.2. The number of quaternary nitrogens is 1. The van der Waals surface area contributed by atoms with Gasteiger partial charge >= 0.3 is 0 Å². The number of unbranched alkanes of at least 4 members (excludes halogenated alkanes) is 9. The molecule has 0 aliphatic carbocycles. The Morgan fingerprint density at radius 2 is 1.34 bits per heavy atom. The molecular formula is C23H43NO4S. The number of hydrogen-bond acceptors (Lipinski definition) is 4. The Morgan fingerprint density at radius 3 is 1.76 bits per heavy atom. The van der Waals surface area contributed by atoms with Gasteiger partial charge in [-0.1, -0.05) is 82.9 Å². The van der Waals surface area contributed by atoms with Gasteiger partial charge in [0.05, 0.1) is 32.6 Å². The molecule has 0 spiro atoms. The lowest BCUT2D eigenvalue weighted by Gasteiger charge is -2.21. The summed E-state index contributed by atoms with van der Waals surface area (Å²) < 4.78 is 34.4.